The normalized spacial score (nSPS) is 15.8. The van der Waals surface area contributed by atoms with Gasteiger partial charge in [-0.3, -0.25) is 4.79 Å². The van der Waals surface area contributed by atoms with Crippen LogP contribution in [0.4, 0.5) is 5.82 Å². The summed E-state index contributed by atoms with van der Waals surface area (Å²) in [6.45, 7) is 7.98. The Balaban J connectivity index is 2.14. The highest BCUT2D eigenvalue weighted by Gasteiger charge is 2.18. The molecule has 0 spiro atoms. The van der Waals surface area contributed by atoms with E-state index in [1.807, 2.05) is 32.9 Å². The number of anilines is 1. The van der Waals surface area contributed by atoms with Crippen LogP contribution < -0.4 is 10.2 Å². The van der Waals surface area contributed by atoms with Crippen LogP contribution in [0.2, 0.25) is 0 Å². The summed E-state index contributed by atoms with van der Waals surface area (Å²) in [4.78, 5) is 18.7. The van der Waals surface area contributed by atoms with Crippen LogP contribution in [-0.4, -0.2) is 29.5 Å². The minimum absolute atomic E-state index is 0.108. The quantitative estimate of drug-likeness (QED) is 0.871. The van der Waals surface area contributed by atoms with Gasteiger partial charge >= 0.3 is 0 Å². The van der Waals surface area contributed by atoms with Crippen molar-refractivity contribution in [3.8, 4) is 0 Å². The summed E-state index contributed by atoms with van der Waals surface area (Å²) in [6.07, 6.45) is 2.42. The van der Waals surface area contributed by atoms with Crippen molar-refractivity contribution in [1.82, 2.24) is 10.3 Å². The van der Waals surface area contributed by atoms with E-state index >= 15 is 0 Å². The Morgan fingerprint density at radius 1 is 1.28 bits per heavy atom. The average molecular weight is 247 g/mol. The van der Waals surface area contributed by atoms with E-state index < -0.39 is 0 Å². The van der Waals surface area contributed by atoms with E-state index in [0.29, 0.717) is 5.69 Å². The monoisotopic (exact) mass is 247 g/mol. The van der Waals surface area contributed by atoms with Crippen molar-refractivity contribution in [3.05, 3.63) is 23.9 Å². The van der Waals surface area contributed by atoms with Crippen molar-refractivity contribution in [2.75, 3.05) is 18.0 Å². The molecule has 2 rings (SSSR count). The molecule has 4 nitrogen and oxygen atoms in total. The number of nitrogens with zero attached hydrogens (tertiary/aromatic N) is 2. The molecule has 1 fully saturated rings. The van der Waals surface area contributed by atoms with Gasteiger partial charge in [0.15, 0.2) is 0 Å². The molecule has 0 atom stereocenters. The largest absolute Gasteiger partial charge is 0.357 e. The topological polar surface area (TPSA) is 45.2 Å². The first-order chi connectivity index (χ1) is 8.46. The summed E-state index contributed by atoms with van der Waals surface area (Å²) < 4.78 is 0. The Bertz CT molecular complexity index is 431. The molecule has 0 bridgehead atoms. The van der Waals surface area contributed by atoms with Crippen LogP contribution in [-0.2, 0) is 0 Å². The molecule has 1 amide bonds. The summed E-state index contributed by atoms with van der Waals surface area (Å²) in [5, 5.41) is 2.93. The number of amides is 1. The van der Waals surface area contributed by atoms with E-state index in [-0.39, 0.29) is 11.4 Å². The fourth-order valence-electron chi connectivity index (χ4n) is 2.08. The van der Waals surface area contributed by atoms with Gasteiger partial charge in [0.05, 0.1) is 0 Å². The van der Waals surface area contributed by atoms with Gasteiger partial charge in [0, 0.05) is 18.6 Å². The number of hydrogen-bond donors (Lipinski definition) is 1. The SMILES string of the molecule is CC(C)(C)NC(=O)c1cccc(N2CCCC2)n1. The minimum atomic E-state index is -0.234. The van der Waals surface area contributed by atoms with Crippen LogP contribution in [0.3, 0.4) is 0 Å². The Morgan fingerprint density at radius 3 is 2.56 bits per heavy atom. The fourth-order valence-corrected chi connectivity index (χ4v) is 2.08. The molecule has 18 heavy (non-hydrogen) atoms. The number of rotatable bonds is 2. The van der Waals surface area contributed by atoms with Gasteiger partial charge in [-0.1, -0.05) is 6.07 Å². The van der Waals surface area contributed by atoms with Gasteiger partial charge in [-0.05, 0) is 45.7 Å². The molecule has 1 saturated heterocycles. The van der Waals surface area contributed by atoms with Gasteiger partial charge in [-0.25, -0.2) is 4.98 Å². The van der Waals surface area contributed by atoms with E-state index in [0.717, 1.165) is 18.9 Å². The van der Waals surface area contributed by atoms with Gasteiger partial charge in [0.1, 0.15) is 11.5 Å². The number of nitrogens with one attached hydrogen (secondary N) is 1. The van der Waals surface area contributed by atoms with E-state index in [1.165, 1.54) is 12.8 Å². The van der Waals surface area contributed by atoms with E-state index in [9.17, 15) is 4.79 Å². The van der Waals surface area contributed by atoms with Crippen molar-refractivity contribution in [3.63, 3.8) is 0 Å². The van der Waals surface area contributed by atoms with Gasteiger partial charge in [-0.15, -0.1) is 0 Å². The van der Waals surface area contributed by atoms with Gasteiger partial charge < -0.3 is 10.2 Å². The third kappa shape index (κ3) is 3.22. The average Bonchev–Trinajstić information content (AvgIpc) is 2.80. The van der Waals surface area contributed by atoms with Crippen LogP contribution in [0.25, 0.3) is 0 Å². The van der Waals surface area contributed by atoms with Crippen molar-refractivity contribution in [2.24, 2.45) is 0 Å². The van der Waals surface area contributed by atoms with Crippen molar-refractivity contribution < 1.29 is 4.79 Å². The summed E-state index contributed by atoms with van der Waals surface area (Å²) >= 11 is 0. The van der Waals surface area contributed by atoms with Crippen molar-refractivity contribution >= 4 is 11.7 Å². The smallest absolute Gasteiger partial charge is 0.270 e. The Morgan fingerprint density at radius 2 is 1.94 bits per heavy atom. The van der Waals surface area contributed by atoms with Crippen LogP contribution in [0, 0.1) is 0 Å². The van der Waals surface area contributed by atoms with Crippen LogP contribution in [0.5, 0.6) is 0 Å². The lowest BCUT2D eigenvalue weighted by Crippen LogP contribution is -2.41. The van der Waals surface area contributed by atoms with Crippen LogP contribution in [0.1, 0.15) is 44.1 Å². The fraction of sp³-hybridized carbons (Fsp3) is 0.571. The predicted octanol–water partition coefficient (Wildman–Crippen LogP) is 2.21. The molecule has 1 aromatic rings. The molecule has 98 valence electrons. The number of carbonyl (C=O) groups is 1. The molecule has 0 aromatic carbocycles. The van der Waals surface area contributed by atoms with Crippen LogP contribution in [0.15, 0.2) is 18.2 Å². The zero-order chi connectivity index (χ0) is 13.2. The maximum atomic E-state index is 12.0. The van der Waals surface area contributed by atoms with Gasteiger partial charge in [0.25, 0.3) is 5.91 Å². The molecular weight excluding hydrogens is 226 g/mol. The number of hydrogen-bond acceptors (Lipinski definition) is 3. The molecular formula is C14H21N3O. The molecule has 0 aliphatic carbocycles. The maximum Gasteiger partial charge on any atom is 0.270 e. The summed E-state index contributed by atoms with van der Waals surface area (Å²) in [6, 6.07) is 5.64. The number of pyridine rings is 1. The lowest BCUT2D eigenvalue weighted by atomic mass is 10.1. The lowest BCUT2D eigenvalue weighted by Gasteiger charge is -2.21. The van der Waals surface area contributed by atoms with E-state index in [2.05, 4.69) is 15.2 Å². The molecule has 1 N–H and O–H groups in total. The first kappa shape index (κ1) is 12.9. The molecule has 1 aromatic heterocycles. The van der Waals surface area contributed by atoms with Gasteiger partial charge in [0.2, 0.25) is 0 Å². The second-order valence-corrected chi connectivity index (χ2v) is 5.78. The molecule has 0 radical (unpaired) electrons. The lowest BCUT2D eigenvalue weighted by molar-refractivity contribution is 0.0914. The first-order valence-electron chi connectivity index (χ1n) is 6.50. The Hall–Kier alpha value is -1.58. The highest BCUT2D eigenvalue weighted by molar-refractivity contribution is 5.93. The first-order valence-corrected chi connectivity index (χ1v) is 6.50. The summed E-state index contributed by atoms with van der Waals surface area (Å²) in [7, 11) is 0. The molecule has 2 heterocycles. The minimum Gasteiger partial charge on any atom is -0.357 e. The zero-order valence-electron chi connectivity index (χ0n) is 11.4. The third-order valence-electron chi connectivity index (χ3n) is 2.89. The van der Waals surface area contributed by atoms with Gasteiger partial charge in [-0.2, -0.15) is 0 Å². The Labute approximate surface area is 108 Å². The van der Waals surface area contributed by atoms with E-state index in [4.69, 9.17) is 0 Å². The zero-order valence-corrected chi connectivity index (χ0v) is 11.4. The molecule has 1 aliphatic heterocycles. The number of carbonyl (C=O) groups excluding carboxylic acids is 1. The molecule has 0 unspecified atom stereocenters. The highest BCUT2D eigenvalue weighted by atomic mass is 16.2. The summed E-state index contributed by atoms with van der Waals surface area (Å²) in [5.74, 6) is 0.803. The molecule has 1 aliphatic rings. The van der Waals surface area contributed by atoms with Crippen LogP contribution >= 0.6 is 0 Å². The van der Waals surface area contributed by atoms with Crippen molar-refractivity contribution in [1.29, 1.82) is 0 Å². The predicted molar refractivity (Wildman–Crippen MR) is 72.9 cm³/mol. The molecule has 4 heteroatoms. The summed E-state index contributed by atoms with van der Waals surface area (Å²) in [5.41, 5.74) is 0.261. The Kier molecular flexibility index (Phi) is 3.55. The second-order valence-electron chi connectivity index (χ2n) is 5.78. The maximum absolute atomic E-state index is 12.0. The van der Waals surface area contributed by atoms with E-state index in [1.54, 1.807) is 6.07 Å². The highest BCUT2D eigenvalue weighted by Crippen LogP contribution is 2.17. The second kappa shape index (κ2) is 4.96. The standard InChI is InChI=1S/C14H21N3O/c1-14(2,3)16-13(18)11-7-6-8-12(15-11)17-9-4-5-10-17/h6-8H,4-5,9-10H2,1-3H3,(H,16,18). The molecule has 0 saturated carbocycles. The third-order valence-corrected chi connectivity index (χ3v) is 2.89. The van der Waals surface area contributed by atoms with Crippen molar-refractivity contribution in [2.45, 2.75) is 39.2 Å². The number of aromatic nitrogens is 1.